The predicted octanol–water partition coefficient (Wildman–Crippen LogP) is 4.40. The zero-order chi connectivity index (χ0) is 21.0. The summed E-state index contributed by atoms with van der Waals surface area (Å²) in [7, 11) is 0. The van der Waals surface area contributed by atoms with Crippen LogP contribution in [0.3, 0.4) is 0 Å². The van der Waals surface area contributed by atoms with Crippen molar-refractivity contribution in [1.82, 2.24) is 15.0 Å². The van der Waals surface area contributed by atoms with E-state index < -0.39 is 0 Å². The van der Waals surface area contributed by atoms with Crippen molar-refractivity contribution in [1.29, 1.82) is 0 Å². The van der Waals surface area contributed by atoms with Crippen LogP contribution in [-0.2, 0) is 13.0 Å². The number of ether oxygens (including phenoxy) is 1. The second-order valence-corrected chi connectivity index (χ2v) is 7.76. The Hall–Kier alpha value is -3.78. The van der Waals surface area contributed by atoms with Crippen LogP contribution in [0.1, 0.15) is 21.6 Å². The summed E-state index contributed by atoms with van der Waals surface area (Å²) in [5.41, 5.74) is 6.92. The van der Waals surface area contributed by atoms with Gasteiger partial charge in [0.25, 0.3) is 5.91 Å². The van der Waals surface area contributed by atoms with Crippen LogP contribution < -0.4 is 15.4 Å². The minimum Gasteiger partial charge on any atom is -0.492 e. The summed E-state index contributed by atoms with van der Waals surface area (Å²) < 4.78 is 5.92. The lowest BCUT2D eigenvalue weighted by Crippen LogP contribution is -2.12. The molecule has 0 atom stereocenters. The average molecular weight is 430 g/mol. The van der Waals surface area contributed by atoms with E-state index in [-0.39, 0.29) is 5.91 Å². The summed E-state index contributed by atoms with van der Waals surface area (Å²) in [5.74, 6) is 1.49. The molecule has 3 aromatic heterocycles. The summed E-state index contributed by atoms with van der Waals surface area (Å²) in [6.07, 6.45) is 6.19. The molecule has 4 heterocycles. The van der Waals surface area contributed by atoms with Gasteiger partial charge in [-0.1, -0.05) is 12.1 Å². The Kier molecular flexibility index (Phi) is 5.28. The van der Waals surface area contributed by atoms with Gasteiger partial charge in [0.05, 0.1) is 12.1 Å². The van der Waals surface area contributed by atoms with Crippen LogP contribution in [0.25, 0.3) is 11.1 Å². The molecular weight excluding hydrogens is 410 g/mol. The van der Waals surface area contributed by atoms with E-state index in [2.05, 4.69) is 25.6 Å². The van der Waals surface area contributed by atoms with Crippen molar-refractivity contribution in [3.05, 3.63) is 82.7 Å². The number of carbonyl (C=O) groups is 1. The summed E-state index contributed by atoms with van der Waals surface area (Å²) in [5, 5.41) is 8.04. The number of anilines is 2. The number of benzene rings is 1. The SMILES string of the molecule is O=C(Nc1cccc(CNc2ncc(-c3ccncc3)c3c2CCO3)c1)c1cscn1. The Morgan fingerprint density at radius 2 is 2.06 bits per heavy atom. The third-order valence-corrected chi connectivity index (χ3v) is 5.61. The molecule has 7 nitrogen and oxygen atoms in total. The van der Waals surface area contributed by atoms with E-state index in [0.717, 1.165) is 45.9 Å². The fourth-order valence-corrected chi connectivity index (χ4v) is 4.07. The van der Waals surface area contributed by atoms with Gasteiger partial charge in [-0.15, -0.1) is 11.3 Å². The summed E-state index contributed by atoms with van der Waals surface area (Å²) in [6, 6.07) is 11.6. The number of pyridine rings is 2. The van der Waals surface area contributed by atoms with Gasteiger partial charge in [-0.2, -0.15) is 0 Å². The molecule has 0 saturated heterocycles. The first-order chi connectivity index (χ1) is 15.3. The topological polar surface area (TPSA) is 89.0 Å². The van der Waals surface area contributed by atoms with Crippen LogP contribution >= 0.6 is 11.3 Å². The highest BCUT2D eigenvalue weighted by molar-refractivity contribution is 7.07. The fraction of sp³-hybridized carbons (Fsp3) is 0.130. The van der Waals surface area contributed by atoms with Gasteiger partial charge in [0.2, 0.25) is 0 Å². The minimum absolute atomic E-state index is 0.213. The monoisotopic (exact) mass is 429 g/mol. The fourth-order valence-electron chi connectivity index (χ4n) is 3.54. The normalized spacial score (nSPS) is 12.1. The Bertz CT molecular complexity index is 1210. The molecule has 5 rings (SSSR count). The summed E-state index contributed by atoms with van der Waals surface area (Å²) >= 11 is 1.39. The maximum atomic E-state index is 12.2. The third-order valence-electron chi connectivity index (χ3n) is 5.03. The number of nitrogens with zero attached hydrogens (tertiary/aromatic N) is 3. The Morgan fingerprint density at radius 3 is 2.90 bits per heavy atom. The molecule has 31 heavy (non-hydrogen) atoms. The lowest BCUT2D eigenvalue weighted by atomic mass is 10.0. The van der Waals surface area contributed by atoms with Crippen molar-refractivity contribution in [3.63, 3.8) is 0 Å². The summed E-state index contributed by atoms with van der Waals surface area (Å²) in [4.78, 5) is 25.0. The van der Waals surface area contributed by atoms with Gasteiger partial charge in [-0.05, 0) is 35.4 Å². The largest absolute Gasteiger partial charge is 0.492 e. The molecule has 1 aromatic carbocycles. The number of fused-ring (bicyclic) bond motifs is 1. The lowest BCUT2D eigenvalue weighted by Gasteiger charge is -2.13. The first-order valence-electron chi connectivity index (χ1n) is 9.85. The van der Waals surface area contributed by atoms with E-state index >= 15 is 0 Å². The molecule has 2 N–H and O–H groups in total. The Balaban J connectivity index is 1.32. The number of rotatable bonds is 6. The van der Waals surface area contributed by atoms with Crippen LogP contribution in [0, 0.1) is 0 Å². The van der Waals surface area contributed by atoms with Crippen LogP contribution in [0.2, 0.25) is 0 Å². The lowest BCUT2D eigenvalue weighted by molar-refractivity contribution is 0.102. The second-order valence-electron chi connectivity index (χ2n) is 7.04. The van der Waals surface area contributed by atoms with E-state index in [4.69, 9.17) is 4.74 Å². The molecule has 0 radical (unpaired) electrons. The van der Waals surface area contributed by atoms with E-state index in [1.165, 1.54) is 11.3 Å². The predicted molar refractivity (Wildman–Crippen MR) is 121 cm³/mol. The average Bonchev–Trinajstić information content (AvgIpc) is 3.51. The van der Waals surface area contributed by atoms with E-state index in [0.29, 0.717) is 18.8 Å². The molecule has 0 spiro atoms. The molecule has 1 aliphatic heterocycles. The van der Waals surface area contributed by atoms with Gasteiger partial charge in [0.15, 0.2) is 0 Å². The smallest absolute Gasteiger partial charge is 0.275 e. The maximum Gasteiger partial charge on any atom is 0.275 e. The molecule has 4 aromatic rings. The van der Waals surface area contributed by atoms with E-state index in [1.807, 2.05) is 42.6 Å². The van der Waals surface area contributed by atoms with Crippen LogP contribution in [-0.4, -0.2) is 27.5 Å². The summed E-state index contributed by atoms with van der Waals surface area (Å²) in [6.45, 7) is 1.22. The molecule has 0 fully saturated rings. The molecule has 0 bridgehead atoms. The Labute approximate surface area is 183 Å². The molecule has 1 amide bonds. The van der Waals surface area contributed by atoms with Crippen LogP contribution in [0.4, 0.5) is 11.5 Å². The molecule has 0 unspecified atom stereocenters. The number of carbonyl (C=O) groups excluding carboxylic acids is 1. The van der Waals surface area contributed by atoms with Gasteiger partial charge in [-0.3, -0.25) is 9.78 Å². The van der Waals surface area contributed by atoms with Gasteiger partial charge in [0, 0.05) is 53.8 Å². The van der Waals surface area contributed by atoms with Crippen molar-refractivity contribution in [2.45, 2.75) is 13.0 Å². The number of amides is 1. The first kappa shape index (κ1) is 19.2. The quantitative estimate of drug-likeness (QED) is 0.472. The molecule has 1 aliphatic rings. The van der Waals surface area contributed by atoms with Gasteiger partial charge >= 0.3 is 0 Å². The third kappa shape index (κ3) is 4.10. The van der Waals surface area contributed by atoms with Crippen molar-refractivity contribution in [2.24, 2.45) is 0 Å². The maximum absolute atomic E-state index is 12.2. The highest BCUT2D eigenvalue weighted by Crippen LogP contribution is 2.39. The van der Waals surface area contributed by atoms with Gasteiger partial charge in [-0.25, -0.2) is 9.97 Å². The van der Waals surface area contributed by atoms with Crippen LogP contribution in [0.15, 0.2) is 65.9 Å². The first-order valence-corrected chi connectivity index (χ1v) is 10.8. The Morgan fingerprint density at radius 1 is 1.16 bits per heavy atom. The van der Waals surface area contributed by atoms with Crippen molar-refractivity contribution < 1.29 is 9.53 Å². The number of hydrogen-bond acceptors (Lipinski definition) is 7. The highest BCUT2D eigenvalue weighted by Gasteiger charge is 2.22. The molecule has 0 saturated carbocycles. The number of nitrogens with one attached hydrogen (secondary N) is 2. The van der Waals surface area contributed by atoms with Gasteiger partial charge in [0.1, 0.15) is 17.3 Å². The zero-order valence-corrected chi connectivity index (χ0v) is 17.4. The standard InChI is InChI=1S/C23H19N5O2S/c29-23(20-13-31-14-27-20)28-17-3-1-2-15(10-17)11-25-22-18-6-9-30-21(18)19(12-26-22)16-4-7-24-8-5-16/h1-5,7-8,10,12-14H,6,9,11H2,(H,25,26)(H,28,29). The van der Waals surface area contributed by atoms with Crippen LogP contribution in [0.5, 0.6) is 5.75 Å². The number of hydrogen-bond donors (Lipinski definition) is 2. The molecule has 0 aliphatic carbocycles. The zero-order valence-electron chi connectivity index (χ0n) is 16.5. The second kappa shape index (κ2) is 8.53. The van der Waals surface area contributed by atoms with Gasteiger partial charge < -0.3 is 15.4 Å². The van der Waals surface area contributed by atoms with Crippen molar-refractivity contribution >= 4 is 28.7 Å². The minimum atomic E-state index is -0.213. The molecule has 154 valence electrons. The van der Waals surface area contributed by atoms with Crippen molar-refractivity contribution in [2.75, 3.05) is 17.2 Å². The van der Waals surface area contributed by atoms with E-state index in [1.54, 1.807) is 23.3 Å². The molecule has 8 heteroatoms. The number of aromatic nitrogens is 3. The molecular formula is C23H19N5O2S. The highest BCUT2D eigenvalue weighted by atomic mass is 32.1. The van der Waals surface area contributed by atoms with Crippen molar-refractivity contribution in [3.8, 4) is 16.9 Å². The number of thiazole rings is 1. The van der Waals surface area contributed by atoms with E-state index in [9.17, 15) is 4.79 Å².